The van der Waals surface area contributed by atoms with Gasteiger partial charge in [0, 0.05) is 0 Å². The van der Waals surface area contributed by atoms with Gasteiger partial charge in [-0.1, -0.05) is 46.4 Å². The Morgan fingerprint density at radius 2 is 1.89 bits per heavy atom. The highest BCUT2D eigenvalue weighted by atomic mass is 35.6. The van der Waals surface area contributed by atoms with Crippen LogP contribution < -0.4 is 0 Å². The maximum Gasteiger partial charge on any atom is 0.236 e. The minimum atomic E-state index is -1.74. The number of halogens is 4. The Morgan fingerprint density at radius 3 is 2.00 bits per heavy atom. The van der Waals surface area contributed by atoms with Crippen LogP contribution in [0.4, 0.5) is 0 Å². The highest BCUT2D eigenvalue weighted by molar-refractivity contribution is 6.70. The first kappa shape index (κ1) is 9.54. The summed E-state index contributed by atoms with van der Waals surface area (Å²) in [6.07, 6.45) is 1.16. The van der Waals surface area contributed by atoms with Gasteiger partial charge < -0.3 is 0 Å². The summed E-state index contributed by atoms with van der Waals surface area (Å²) >= 11 is 20.8. The summed E-state index contributed by atoms with van der Waals surface area (Å²) in [6, 6.07) is 0. The van der Waals surface area contributed by atoms with E-state index in [4.69, 9.17) is 46.4 Å². The lowest BCUT2D eigenvalue weighted by Crippen LogP contribution is -2.16. The van der Waals surface area contributed by atoms with Crippen LogP contribution >= 0.6 is 46.4 Å². The van der Waals surface area contributed by atoms with Crippen molar-refractivity contribution in [2.24, 2.45) is 4.99 Å². The summed E-state index contributed by atoms with van der Waals surface area (Å²) in [6.45, 7) is 0. The molecular weight excluding hydrogens is 208 g/mol. The van der Waals surface area contributed by atoms with Crippen molar-refractivity contribution in [1.82, 2.24) is 0 Å². The Kier molecular flexibility index (Phi) is 3.86. The van der Waals surface area contributed by atoms with Crippen molar-refractivity contribution in [3.8, 4) is 0 Å². The molecule has 1 unspecified atom stereocenters. The van der Waals surface area contributed by atoms with Gasteiger partial charge >= 0.3 is 0 Å². The second-order valence-corrected chi connectivity index (χ2v) is 3.88. The van der Waals surface area contributed by atoms with Gasteiger partial charge in [-0.15, -0.1) is 0 Å². The van der Waals surface area contributed by atoms with Gasteiger partial charge in [0.25, 0.3) is 0 Å². The molecule has 0 saturated carbocycles. The van der Waals surface area contributed by atoms with Crippen LogP contribution in [0.15, 0.2) is 4.99 Å². The second-order valence-electron chi connectivity index (χ2n) is 1.10. The van der Waals surface area contributed by atoms with E-state index < -0.39 is 9.29 Å². The van der Waals surface area contributed by atoms with Gasteiger partial charge in [0.15, 0.2) is 5.50 Å². The van der Waals surface area contributed by atoms with Crippen molar-refractivity contribution in [3.05, 3.63) is 0 Å². The van der Waals surface area contributed by atoms with Crippen LogP contribution in [0.3, 0.4) is 0 Å². The van der Waals surface area contributed by atoms with E-state index >= 15 is 0 Å². The van der Waals surface area contributed by atoms with Crippen LogP contribution in [0.2, 0.25) is 0 Å². The predicted octanol–water partition coefficient (Wildman–Crippen LogP) is 2.26. The van der Waals surface area contributed by atoms with E-state index in [1.54, 1.807) is 0 Å². The molecule has 0 bridgehead atoms. The summed E-state index contributed by atoms with van der Waals surface area (Å²) in [5.41, 5.74) is -1.17. The highest BCUT2D eigenvalue weighted by Gasteiger charge is 2.30. The Morgan fingerprint density at radius 1 is 1.44 bits per heavy atom. The number of hydrogen-bond acceptors (Lipinski definition) is 2. The van der Waals surface area contributed by atoms with Gasteiger partial charge in [0.1, 0.15) is 0 Å². The first-order chi connectivity index (χ1) is 3.98. The molecule has 9 heavy (non-hydrogen) atoms. The fourth-order valence-electron chi connectivity index (χ4n) is 0.119. The van der Waals surface area contributed by atoms with Gasteiger partial charge in [-0.05, 0) is 0 Å². The van der Waals surface area contributed by atoms with Crippen LogP contribution in [0.1, 0.15) is 0 Å². The number of alkyl halides is 4. The quantitative estimate of drug-likeness (QED) is 0.281. The van der Waals surface area contributed by atoms with Crippen molar-refractivity contribution in [2.75, 3.05) is 0 Å². The van der Waals surface area contributed by atoms with Gasteiger partial charge in [-0.3, -0.25) is 0 Å². The molecule has 0 saturated heterocycles. The Balaban J connectivity index is 4.03. The molecule has 6 heteroatoms. The molecule has 0 aliphatic carbocycles. The number of rotatable bonds is 1. The van der Waals surface area contributed by atoms with E-state index in [1.807, 2.05) is 0 Å². The maximum atomic E-state index is 9.51. The molecule has 0 heterocycles. The third kappa shape index (κ3) is 4.01. The standard InChI is InChI=1S/C3HCl4NO/c4-2(8-1-9)3(5,6)7/h2H. The molecular formula is C3HCl4NO. The first-order valence-corrected chi connectivity index (χ1v) is 3.33. The van der Waals surface area contributed by atoms with Crippen molar-refractivity contribution in [1.29, 1.82) is 0 Å². The highest BCUT2D eigenvalue weighted by Crippen LogP contribution is 2.33. The molecule has 2 nitrogen and oxygen atoms in total. The average Bonchev–Trinajstić information content (AvgIpc) is 1.64. The number of hydrogen-bond donors (Lipinski definition) is 0. The summed E-state index contributed by atoms with van der Waals surface area (Å²) in [7, 11) is 0. The Labute approximate surface area is 71.7 Å². The lowest BCUT2D eigenvalue weighted by Gasteiger charge is -2.10. The van der Waals surface area contributed by atoms with Gasteiger partial charge in [-0.2, -0.15) is 4.99 Å². The van der Waals surface area contributed by atoms with Gasteiger partial charge in [0.2, 0.25) is 9.87 Å². The molecule has 0 spiro atoms. The van der Waals surface area contributed by atoms with Crippen LogP contribution in [-0.4, -0.2) is 15.4 Å². The van der Waals surface area contributed by atoms with Gasteiger partial charge in [-0.25, -0.2) is 4.79 Å². The van der Waals surface area contributed by atoms with Gasteiger partial charge in [0.05, 0.1) is 0 Å². The van der Waals surface area contributed by atoms with E-state index in [0.717, 1.165) is 6.08 Å². The molecule has 0 radical (unpaired) electrons. The molecule has 0 N–H and O–H groups in total. The third-order valence-corrected chi connectivity index (χ3v) is 1.82. The van der Waals surface area contributed by atoms with Crippen LogP contribution in [0.5, 0.6) is 0 Å². The van der Waals surface area contributed by atoms with Crippen molar-refractivity contribution in [2.45, 2.75) is 9.29 Å². The Bertz CT molecular complexity index is 135. The number of carbonyl (C=O) groups excluding carboxylic acids is 1. The molecule has 0 aromatic carbocycles. The summed E-state index contributed by atoms with van der Waals surface area (Å²) in [5.74, 6) is 0. The number of isocyanates is 1. The van der Waals surface area contributed by atoms with E-state index in [0.29, 0.717) is 0 Å². The molecule has 0 rings (SSSR count). The fourth-order valence-corrected chi connectivity index (χ4v) is 0.306. The average molecular weight is 209 g/mol. The van der Waals surface area contributed by atoms with E-state index in [9.17, 15) is 4.79 Å². The van der Waals surface area contributed by atoms with Crippen LogP contribution in [-0.2, 0) is 4.79 Å². The minimum absolute atomic E-state index is 1.16. The summed E-state index contributed by atoms with van der Waals surface area (Å²) < 4.78 is -1.74. The second kappa shape index (κ2) is 3.65. The Hall–Kier alpha value is 0.540. The molecule has 0 aromatic heterocycles. The van der Waals surface area contributed by atoms with Crippen LogP contribution in [0, 0.1) is 0 Å². The zero-order valence-corrected chi connectivity index (χ0v) is 6.97. The number of aliphatic imine (C=N–C) groups is 1. The SMILES string of the molecule is O=C=NC(Cl)C(Cl)(Cl)Cl. The largest absolute Gasteiger partial charge is 0.236 e. The summed E-state index contributed by atoms with van der Waals surface area (Å²) in [4.78, 5) is 12.5. The predicted molar refractivity (Wildman–Crippen MR) is 38.1 cm³/mol. The smallest absolute Gasteiger partial charge is 0.211 e. The third-order valence-electron chi connectivity index (χ3n) is 0.436. The maximum absolute atomic E-state index is 9.51. The molecule has 0 amide bonds. The molecule has 0 fully saturated rings. The monoisotopic (exact) mass is 207 g/mol. The molecule has 0 aromatic rings. The molecule has 0 aliphatic rings. The van der Waals surface area contributed by atoms with Crippen LogP contribution in [0.25, 0.3) is 0 Å². The molecule has 0 aliphatic heterocycles. The van der Waals surface area contributed by atoms with Crippen molar-refractivity contribution in [3.63, 3.8) is 0 Å². The first-order valence-electron chi connectivity index (χ1n) is 1.76. The van der Waals surface area contributed by atoms with E-state index in [-0.39, 0.29) is 0 Å². The zero-order valence-electron chi connectivity index (χ0n) is 3.94. The minimum Gasteiger partial charge on any atom is -0.211 e. The normalized spacial score (nSPS) is 14.2. The topological polar surface area (TPSA) is 29.4 Å². The number of nitrogens with zero attached hydrogens (tertiary/aromatic N) is 1. The van der Waals surface area contributed by atoms with Crippen molar-refractivity contribution >= 4 is 52.5 Å². The molecule has 52 valence electrons. The molecule has 1 atom stereocenters. The zero-order chi connectivity index (χ0) is 7.49. The van der Waals surface area contributed by atoms with E-state index in [1.165, 1.54) is 0 Å². The van der Waals surface area contributed by atoms with Crippen molar-refractivity contribution < 1.29 is 4.79 Å². The lowest BCUT2D eigenvalue weighted by molar-refractivity contribution is 0.562. The fraction of sp³-hybridized carbons (Fsp3) is 0.667. The summed E-state index contributed by atoms with van der Waals surface area (Å²) in [5, 5.41) is 0. The van der Waals surface area contributed by atoms with E-state index in [2.05, 4.69) is 4.99 Å². The lowest BCUT2D eigenvalue weighted by atomic mass is 10.7.